The van der Waals surface area contributed by atoms with Crippen LogP contribution in [-0.4, -0.2) is 17.1 Å². The smallest absolute Gasteiger partial charge is 0.335 e. The lowest BCUT2D eigenvalue weighted by molar-refractivity contribution is 0.0697. The molecule has 1 aromatic rings. The van der Waals surface area contributed by atoms with Gasteiger partial charge in [-0.3, -0.25) is 0 Å². The van der Waals surface area contributed by atoms with Crippen molar-refractivity contribution in [1.29, 1.82) is 0 Å². The summed E-state index contributed by atoms with van der Waals surface area (Å²) in [7, 11) is 0. The molecule has 0 saturated carbocycles. The van der Waals surface area contributed by atoms with Crippen molar-refractivity contribution in [2.45, 2.75) is 33.2 Å². The Kier molecular flexibility index (Phi) is 3.72. The molecule has 1 atom stereocenters. The predicted molar refractivity (Wildman–Crippen MR) is 61.5 cm³/mol. The van der Waals surface area contributed by atoms with Gasteiger partial charge >= 0.3 is 5.97 Å². The summed E-state index contributed by atoms with van der Waals surface area (Å²) in [6.07, 6.45) is 1.04. The molecule has 0 bridgehead atoms. The van der Waals surface area contributed by atoms with Crippen LogP contribution < -0.4 is 5.32 Å². The number of rotatable bonds is 4. The molecule has 15 heavy (non-hydrogen) atoms. The van der Waals surface area contributed by atoms with Crippen LogP contribution >= 0.6 is 0 Å². The Labute approximate surface area is 90.1 Å². The summed E-state index contributed by atoms with van der Waals surface area (Å²) < 4.78 is 0. The fourth-order valence-corrected chi connectivity index (χ4v) is 1.33. The van der Waals surface area contributed by atoms with E-state index in [9.17, 15) is 4.79 Å². The molecule has 82 valence electrons. The highest BCUT2D eigenvalue weighted by molar-refractivity contribution is 5.88. The zero-order chi connectivity index (χ0) is 11.4. The van der Waals surface area contributed by atoms with E-state index in [4.69, 9.17) is 5.11 Å². The van der Waals surface area contributed by atoms with E-state index in [1.165, 1.54) is 0 Å². The largest absolute Gasteiger partial charge is 0.478 e. The highest BCUT2D eigenvalue weighted by Gasteiger charge is 2.06. The molecule has 1 unspecified atom stereocenters. The maximum atomic E-state index is 10.7. The highest BCUT2D eigenvalue weighted by atomic mass is 16.4. The SMILES string of the molecule is CCC(C)Nc1ccc(C(=O)O)cc1C. The lowest BCUT2D eigenvalue weighted by Gasteiger charge is -2.15. The van der Waals surface area contributed by atoms with Crippen molar-refractivity contribution < 1.29 is 9.90 Å². The fourth-order valence-electron chi connectivity index (χ4n) is 1.33. The van der Waals surface area contributed by atoms with Crippen molar-refractivity contribution in [1.82, 2.24) is 0 Å². The lowest BCUT2D eigenvalue weighted by Crippen LogP contribution is -2.14. The van der Waals surface area contributed by atoms with Crippen LogP contribution in [0.3, 0.4) is 0 Å². The van der Waals surface area contributed by atoms with Gasteiger partial charge in [-0.25, -0.2) is 4.79 Å². The van der Waals surface area contributed by atoms with Gasteiger partial charge in [0.1, 0.15) is 0 Å². The number of carboxylic acid groups (broad SMARTS) is 1. The Hall–Kier alpha value is -1.51. The second-order valence-electron chi connectivity index (χ2n) is 3.79. The lowest BCUT2D eigenvalue weighted by atomic mass is 10.1. The molecule has 2 N–H and O–H groups in total. The standard InChI is InChI=1S/C12H17NO2/c1-4-9(3)13-11-6-5-10(12(14)15)7-8(11)2/h5-7,9,13H,4H2,1-3H3,(H,14,15). The van der Waals surface area contributed by atoms with Crippen LogP contribution in [0.1, 0.15) is 36.2 Å². The molecule has 3 heteroatoms. The Morgan fingerprint density at radius 3 is 2.67 bits per heavy atom. The number of nitrogens with one attached hydrogen (secondary N) is 1. The van der Waals surface area contributed by atoms with Gasteiger partial charge in [-0.2, -0.15) is 0 Å². The first-order chi connectivity index (χ1) is 7.04. The average molecular weight is 207 g/mol. The summed E-state index contributed by atoms with van der Waals surface area (Å²) in [6, 6.07) is 5.54. The third-order valence-electron chi connectivity index (χ3n) is 2.49. The maximum absolute atomic E-state index is 10.7. The predicted octanol–water partition coefficient (Wildman–Crippen LogP) is 2.90. The number of benzene rings is 1. The molecule has 0 saturated heterocycles. The molecule has 0 aromatic heterocycles. The average Bonchev–Trinajstić information content (AvgIpc) is 2.20. The quantitative estimate of drug-likeness (QED) is 0.798. The monoisotopic (exact) mass is 207 g/mol. The van der Waals surface area contributed by atoms with Crippen molar-refractivity contribution in [3.05, 3.63) is 29.3 Å². The van der Waals surface area contributed by atoms with Crippen LogP contribution in [0.2, 0.25) is 0 Å². The van der Waals surface area contributed by atoms with Gasteiger partial charge in [0.05, 0.1) is 5.56 Å². The number of aryl methyl sites for hydroxylation is 1. The molecule has 3 nitrogen and oxygen atoms in total. The third kappa shape index (κ3) is 2.98. The number of carbonyl (C=O) groups is 1. The minimum absolute atomic E-state index is 0.335. The third-order valence-corrected chi connectivity index (χ3v) is 2.49. The zero-order valence-electron chi connectivity index (χ0n) is 9.37. The molecule has 0 fully saturated rings. The molecule has 1 rings (SSSR count). The van der Waals surface area contributed by atoms with Crippen LogP contribution in [0.5, 0.6) is 0 Å². The number of aromatic carboxylic acids is 1. The second-order valence-corrected chi connectivity index (χ2v) is 3.79. The molecule has 0 spiro atoms. The normalized spacial score (nSPS) is 12.2. The number of anilines is 1. The van der Waals surface area contributed by atoms with Gasteiger partial charge in [-0.05, 0) is 44.0 Å². The van der Waals surface area contributed by atoms with Crippen molar-refractivity contribution in [2.24, 2.45) is 0 Å². The maximum Gasteiger partial charge on any atom is 0.335 e. The Bertz CT molecular complexity index is 361. The fraction of sp³-hybridized carbons (Fsp3) is 0.417. The van der Waals surface area contributed by atoms with Crippen molar-refractivity contribution in [3.63, 3.8) is 0 Å². The van der Waals surface area contributed by atoms with Crippen LogP contribution in [0.4, 0.5) is 5.69 Å². The summed E-state index contributed by atoms with van der Waals surface area (Å²) in [5.41, 5.74) is 2.31. The van der Waals surface area contributed by atoms with Crippen LogP contribution in [0.15, 0.2) is 18.2 Å². The van der Waals surface area contributed by atoms with Gasteiger partial charge in [0.15, 0.2) is 0 Å². The first-order valence-electron chi connectivity index (χ1n) is 5.15. The molecule has 1 aromatic carbocycles. The second kappa shape index (κ2) is 4.82. The molecule has 0 radical (unpaired) electrons. The van der Waals surface area contributed by atoms with E-state index < -0.39 is 5.97 Å². The number of carboxylic acids is 1. The van der Waals surface area contributed by atoms with Crippen LogP contribution in [-0.2, 0) is 0 Å². The van der Waals surface area contributed by atoms with E-state index in [-0.39, 0.29) is 0 Å². The Balaban J connectivity index is 2.88. The Morgan fingerprint density at radius 2 is 2.20 bits per heavy atom. The zero-order valence-corrected chi connectivity index (χ0v) is 9.37. The van der Waals surface area contributed by atoms with E-state index in [0.29, 0.717) is 11.6 Å². The molecule has 0 aliphatic carbocycles. The van der Waals surface area contributed by atoms with Crippen molar-refractivity contribution in [3.8, 4) is 0 Å². The Morgan fingerprint density at radius 1 is 1.53 bits per heavy atom. The van der Waals surface area contributed by atoms with E-state index in [0.717, 1.165) is 17.7 Å². The van der Waals surface area contributed by atoms with Gasteiger partial charge in [0.2, 0.25) is 0 Å². The number of hydrogen-bond acceptors (Lipinski definition) is 2. The first-order valence-corrected chi connectivity index (χ1v) is 5.15. The van der Waals surface area contributed by atoms with Gasteiger partial charge in [-0.1, -0.05) is 6.92 Å². The summed E-state index contributed by atoms with van der Waals surface area (Å²) in [5, 5.41) is 12.1. The minimum Gasteiger partial charge on any atom is -0.478 e. The first kappa shape index (κ1) is 11.6. The molecule has 0 amide bonds. The van der Waals surface area contributed by atoms with E-state index in [1.807, 2.05) is 13.0 Å². The molecular formula is C12H17NO2. The molecule has 0 heterocycles. The molecule has 0 aliphatic rings. The highest BCUT2D eigenvalue weighted by Crippen LogP contribution is 2.18. The molecule has 0 aliphatic heterocycles. The van der Waals surface area contributed by atoms with Crippen LogP contribution in [0.25, 0.3) is 0 Å². The van der Waals surface area contributed by atoms with E-state index in [1.54, 1.807) is 12.1 Å². The topological polar surface area (TPSA) is 49.3 Å². The summed E-state index contributed by atoms with van der Waals surface area (Å²) >= 11 is 0. The van der Waals surface area contributed by atoms with Gasteiger partial charge in [0.25, 0.3) is 0 Å². The van der Waals surface area contributed by atoms with Gasteiger partial charge < -0.3 is 10.4 Å². The summed E-state index contributed by atoms with van der Waals surface area (Å²) in [5.74, 6) is -0.881. The van der Waals surface area contributed by atoms with Crippen LogP contribution in [0, 0.1) is 6.92 Å². The summed E-state index contributed by atoms with van der Waals surface area (Å²) in [4.78, 5) is 10.7. The van der Waals surface area contributed by atoms with Crippen molar-refractivity contribution in [2.75, 3.05) is 5.32 Å². The molecular weight excluding hydrogens is 190 g/mol. The summed E-state index contributed by atoms with van der Waals surface area (Å²) in [6.45, 7) is 6.13. The van der Waals surface area contributed by atoms with Gasteiger partial charge in [-0.15, -0.1) is 0 Å². The van der Waals surface area contributed by atoms with Crippen molar-refractivity contribution >= 4 is 11.7 Å². The minimum atomic E-state index is -0.881. The van der Waals surface area contributed by atoms with Gasteiger partial charge in [0, 0.05) is 11.7 Å². The number of hydrogen-bond donors (Lipinski definition) is 2. The van der Waals surface area contributed by atoms with E-state index >= 15 is 0 Å². The van der Waals surface area contributed by atoms with E-state index in [2.05, 4.69) is 19.2 Å².